The van der Waals surface area contributed by atoms with Crippen LogP contribution in [0.2, 0.25) is 0 Å². The van der Waals surface area contributed by atoms with E-state index in [4.69, 9.17) is 0 Å². The van der Waals surface area contributed by atoms with Crippen LogP contribution in [0, 0.1) is 5.82 Å². The number of hydrogen-bond acceptors (Lipinski definition) is 3. The normalized spacial score (nSPS) is 12.6. The van der Waals surface area contributed by atoms with Gasteiger partial charge in [-0.15, -0.1) is 23.1 Å². The maximum atomic E-state index is 12.9. The Morgan fingerprint density at radius 3 is 2.65 bits per heavy atom. The first kappa shape index (κ1) is 16.0. The molecule has 0 spiro atoms. The number of halogens is 2. The summed E-state index contributed by atoms with van der Waals surface area (Å²) in [5.74, 6) is 0.751. The van der Waals surface area contributed by atoms with E-state index >= 15 is 0 Å². The molecule has 1 atom stereocenters. The van der Waals surface area contributed by atoms with Crippen LogP contribution in [-0.2, 0) is 0 Å². The first-order chi connectivity index (χ1) is 9.70. The van der Waals surface area contributed by atoms with E-state index in [1.165, 1.54) is 17.0 Å². The first-order valence-corrected chi connectivity index (χ1v) is 9.21. The quantitative estimate of drug-likeness (QED) is 0.644. The van der Waals surface area contributed by atoms with Gasteiger partial charge in [0.25, 0.3) is 0 Å². The Hall–Kier alpha value is -0.360. The summed E-state index contributed by atoms with van der Waals surface area (Å²) in [7, 11) is 0. The zero-order valence-electron chi connectivity index (χ0n) is 11.2. The van der Waals surface area contributed by atoms with E-state index in [1.54, 1.807) is 23.1 Å². The standard InChI is InChI=1S/C15H17BrFNS2/c1-2-8-18-14(15-13(16)7-9-19-15)10-20-12-5-3-11(17)4-6-12/h3-7,9,14,18H,2,8,10H2,1H3. The molecule has 1 heterocycles. The van der Waals surface area contributed by atoms with E-state index < -0.39 is 0 Å². The van der Waals surface area contributed by atoms with E-state index in [0.29, 0.717) is 6.04 Å². The first-order valence-electron chi connectivity index (χ1n) is 6.55. The molecule has 108 valence electrons. The van der Waals surface area contributed by atoms with Crippen LogP contribution in [0.5, 0.6) is 0 Å². The van der Waals surface area contributed by atoms with Crippen molar-refractivity contribution >= 4 is 39.0 Å². The van der Waals surface area contributed by atoms with E-state index in [2.05, 4.69) is 39.6 Å². The summed E-state index contributed by atoms with van der Waals surface area (Å²) in [5, 5.41) is 5.68. The minimum atomic E-state index is -0.184. The Labute approximate surface area is 136 Å². The summed E-state index contributed by atoms with van der Waals surface area (Å²) in [6.07, 6.45) is 1.11. The summed E-state index contributed by atoms with van der Waals surface area (Å²) in [6, 6.07) is 9.10. The topological polar surface area (TPSA) is 12.0 Å². The Morgan fingerprint density at radius 1 is 1.30 bits per heavy atom. The highest BCUT2D eigenvalue weighted by Gasteiger charge is 2.15. The summed E-state index contributed by atoms with van der Waals surface area (Å²) in [6.45, 7) is 3.17. The highest BCUT2D eigenvalue weighted by molar-refractivity contribution is 9.10. The molecule has 5 heteroatoms. The van der Waals surface area contributed by atoms with Crippen molar-refractivity contribution in [2.24, 2.45) is 0 Å². The Bertz CT molecular complexity index is 527. The van der Waals surface area contributed by atoms with Gasteiger partial charge in [-0.1, -0.05) is 6.92 Å². The second kappa shape index (κ2) is 8.17. The smallest absolute Gasteiger partial charge is 0.123 e. The maximum absolute atomic E-state index is 12.9. The second-order valence-corrected chi connectivity index (χ2v) is 7.30. The molecule has 0 aliphatic rings. The third kappa shape index (κ3) is 4.58. The fourth-order valence-electron chi connectivity index (χ4n) is 1.81. The lowest BCUT2D eigenvalue weighted by Crippen LogP contribution is -2.23. The zero-order valence-corrected chi connectivity index (χ0v) is 14.5. The highest BCUT2D eigenvalue weighted by atomic mass is 79.9. The molecule has 0 aliphatic heterocycles. The van der Waals surface area contributed by atoms with E-state index in [-0.39, 0.29) is 5.82 Å². The van der Waals surface area contributed by atoms with Gasteiger partial charge in [0.15, 0.2) is 0 Å². The molecule has 0 radical (unpaired) electrons. The van der Waals surface area contributed by atoms with Crippen LogP contribution < -0.4 is 5.32 Å². The van der Waals surface area contributed by atoms with Gasteiger partial charge in [-0.2, -0.15) is 0 Å². The van der Waals surface area contributed by atoms with Gasteiger partial charge in [0.05, 0.1) is 6.04 Å². The van der Waals surface area contributed by atoms with Crippen LogP contribution in [0.3, 0.4) is 0 Å². The monoisotopic (exact) mass is 373 g/mol. The zero-order chi connectivity index (χ0) is 14.4. The SMILES string of the molecule is CCCNC(CSc1ccc(F)cc1)c1sccc1Br. The summed E-state index contributed by atoms with van der Waals surface area (Å²) in [5.41, 5.74) is 0. The van der Waals surface area contributed by atoms with Crippen LogP contribution in [0.4, 0.5) is 4.39 Å². The average molecular weight is 374 g/mol. The molecule has 0 fully saturated rings. The molecule has 0 bridgehead atoms. The summed E-state index contributed by atoms with van der Waals surface area (Å²) in [4.78, 5) is 2.43. The number of nitrogens with one attached hydrogen (secondary N) is 1. The average Bonchev–Trinajstić information content (AvgIpc) is 2.87. The van der Waals surface area contributed by atoms with Crippen molar-refractivity contribution in [2.75, 3.05) is 12.3 Å². The molecule has 0 saturated carbocycles. The van der Waals surface area contributed by atoms with Crippen LogP contribution >= 0.6 is 39.0 Å². The third-order valence-corrected chi connectivity index (χ3v) is 5.92. The number of rotatable bonds is 7. The molecule has 2 rings (SSSR count). The predicted octanol–water partition coefficient (Wildman–Crippen LogP) is 5.48. The van der Waals surface area contributed by atoms with Crippen molar-refractivity contribution in [3.05, 3.63) is 50.9 Å². The molecule has 1 N–H and O–H groups in total. The lowest BCUT2D eigenvalue weighted by molar-refractivity contribution is 0.583. The van der Waals surface area contributed by atoms with E-state index in [1.807, 2.05) is 12.1 Å². The van der Waals surface area contributed by atoms with Crippen molar-refractivity contribution in [1.82, 2.24) is 5.32 Å². The van der Waals surface area contributed by atoms with Gasteiger partial charge in [0, 0.05) is 20.0 Å². The van der Waals surface area contributed by atoms with Crippen LogP contribution in [0.1, 0.15) is 24.3 Å². The molecule has 0 amide bonds. The second-order valence-electron chi connectivity index (χ2n) is 4.40. The van der Waals surface area contributed by atoms with Gasteiger partial charge in [0.1, 0.15) is 5.82 Å². The lowest BCUT2D eigenvalue weighted by atomic mass is 10.2. The van der Waals surface area contributed by atoms with E-state index in [9.17, 15) is 4.39 Å². The van der Waals surface area contributed by atoms with Crippen LogP contribution in [-0.4, -0.2) is 12.3 Å². The van der Waals surface area contributed by atoms with Gasteiger partial charge in [-0.05, 0) is 64.6 Å². The van der Waals surface area contributed by atoms with Crippen molar-refractivity contribution in [3.63, 3.8) is 0 Å². The number of hydrogen-bond donors (Lipinski definition) is 1. The fraction of sp³-hybridized carbons (Fsp3) is 0.333. The Balaban J connectivity index is 2.01. The lowest BCUT2D eigenvalue weighted by Gasteiger charge is -2.17. The largest absolute Gasteiger partial charge is 0.309 e. The molecule has 1 unspecified atom stereocenters. The predicted molar refractivity (Wildman–Crippen MR) is 90.2 cm³/mol. The van der Waals surface area contributed by atoms with Crippen molar-refractivity contribution in [2.45, 2.75) is 24.3 Å². The van der Waals surface area contributed by atoms with Crippen LogP contribution in [0.15, 0.2) is 45.1 Å². The number of thioether (sulfide) groups is 1. The molecule has 1 aromatic heterocycles. The van der Waals surface area contributed by atoms with E-state index in [0.717, 1.165) is 28.1 Å². The minimum absolute atomic E-state index is 0.184. The molecule has 0 aliphatic carbocycles. The molecule has 2 aromatic rings. The molecular formula is C15H17BrFNS2. The molecule has 1 nitrogen and oxygen atoms in total. The third-order valence-electron chi connectivity index (χ3n) is 2.83. The van der Waals surface area contributed by atoms with Crippen LogP contribution in [0.25, 0.3) is 0 Å². The molecule has 0 saturated heterocycles. The number of thiophene rings is 1. The summed E-state index contributed by atoms with van der Waals surface area (Å²) >= 11 is 7.12. The van der Waals surface area contributed by atoms with Gasteiger partial charge < -0.3 is 5.32 Å². The maximum Gasteiger partial charge on any atom is 0.123 e. The summed E-state index contributed by atoms with van der Waals surface area (Å²) < 4.78 is 14.1. The van der Waals surface area contributed by atoms with Crippen molar-refractivity contribution < 1.29 is 4.39 Å². The van der Waals surface area contributed by atoms with Gasteiger partial charge in [0.2, 0.25) is 0 Å². The fourth-order valence-corrected chi connectivity index (χ4v) is 4.61. The highest BCUT2D eigenvalue weighted by Crippen LogP contribution is 2.33. The van der Waals surface area contributed by atoms with Crippen molar-refractivity contribution in [1.29, 1.82) is 0 Å². The number of benzene rings is 1. The van der Waals surface area contributed by atoms with Gasteiger partial charge in [-0.25, -0.2) is 4.39 Å². The molecular weight excluding hydrogens is 357 g/mol. The molecule has 20 heavy (non-hydrogen) atoms. The van der Waals surface area contributed by atoms with Gasteiger partial charge in [-0.3, -0.25) is 0 Å². The Morgan fingerprint density at radius 2 is 2.05 bits per heavy atom. The van der Waals surface area contributed by atoms with Gasteiger partial charge >= 0.3 is 0 Å². The molecule has 1 aromatic carbocycles. The Kier molecular flexibility index (Phi) is 6.55. The van der Waals surface area contributed by atoms with Crippen molar-refractivity contribution in [3.8, 4) is 0 Å². The minimum Gasteiger partial charge on any atom is -0.309 e.